The summed E-state index contributed by atoms with van der Waals surface area (Å²) < 4.78 is 25.9. The van der Waals surface area contributed by atoms with Gasteiger partial charge in [0, 0.05) is 11.0 Å². The van der Waals surface area contributed by atoms with E-state index in [9.17, 15) is 8.78 Å². The summed E-state index contributed by atoms with van der Waals surface area (Å²) in [6.07, 6.45) is 1.11. The Morgan fingerprint density at radius 3 is 2.60 bits per heavy atom. The molecule has 0 spiro atoms. The molecule has 0 saturated heterocycles. The molecule has 0 fully saturated rings. The fourth-order valence-corrected chi connectivity index (χ4v) is 1.81. The largest absolute Gasteiger partial charge is 0.229 e. The molecule has 0 aliphatic carbocycles. The van der Waals surface area contributed by atoms with Gasteiger partial charge < -0.3 is 0 Å². The topological polar surface area (TPSA) is 25.8 Å². The number of rotatable bonds is 2. The van der Waals surface area contributed by atoms with Crippen LogP contribution in [0.3, 0.4) is 0 Å². The van der Waals surface area contributed by atoms with E-state index in [4.69, 9.17) is 0 Å². The first-order valence-electron chi connectivity index (χ1n) is 4.15. The highest BCUT2D eigenvalue weighted by Gasteiger charge is 2.04. The monoisotopic (exact) mass is 224 g/mol. The van der Waals surface area contributed by atoms with E-state index in [1.807, 2.05) is 0 Å². The molecular weight excluding hydrogens is 218 g/mol. The van der Waals surface area contributed by atoms with Gasteiger partial charge in [-0.25, -0.2) is 14.4 Å². The average Bonchev–Trinajstić information content (AvgIpc) is 2.22. The van der Waals surface area contributed by atoms with Crippen LogP contribution < -0.4 is 0 Å². The molecule has 76 valence electrons. The van der Waals surface area contributed by atoms with Crippen molar-refractivity contribution in [2.75, 3.05) is 0 Å². The summed E-state index contributed by atoms with van der Waals surface area (Å²) in [6, 6.07) is 7.43. The molecule has 0 aliphatic rings. The van der Waals surface area contributed by atoms with Gasteiger partial charge in [-0.2, -0.15) is 4.39 Å². The Kier molecular flexibility index (Phi) is 2.91. The lowest BCUT2D eigenvalue weighted by Gasteiger charge is -2.01. The summed E-state index contributed by atoms with van der Waals surface area (Å²) in [5.74, 6) is -0.967. The van der Waals surface area contributed by atoms with Gasteiger partial charge in [0.05, 0.1) is 0 Å². The Bertz CT molecular complexity index is 476. The number of nitrogens with zero attached hydrogens (tertiary/aromatic N) is 2. The zero-order valence-corrected chi connectivity index (χ0v) is 8.34. The van der Waals surface area contributed by atoms with Crippen LogP contribution >= 0.6 is 11.8 Å². The third-order valence-electron chi connectivity index (χ3n) is 1.66. The maximum atomic E-state index is 13.2. The average molecular weight is 224 g/mol. The van der Waals surface area contributed by atoms with Crippen molar-refractivity contribution in [3.8, 4) is 0 Å². The molecule has 0 saturated carbocycles. The van der Waals surface area contributed by atoms with Crippen LogP contribution in [0, 0.1) is 11.8 Å². The van der Waals surface area contributed by atoms with E-state index in [2.05, 4.69) is 9.97 Å². The number of hydrogen-bond donors (Lipinski definition) is 0. The Morgan fingerprint density at radius 1 is 1.07 bits per heavy atom. The van der Waals surface area contributed by atoms with Gasteiger partial charge in [-0.1, -0.05) is 23.9 Å². The standard InChI is InChI=1S/C10H6F2N2S/c11-7-3-1-2-4-8(7)15-10-5-9(12)13-6-14-10/h1-6H. The Hall–Kier alpha value is -1.49. The van der Waals surface area contributed by atoms with Crippen molar-refractivity contribution in [2.45, 2.75) is 9.92 Å². The van der Waals surface area contributed by atoms with Crippen molar-refractivity contribution in [3.63, 3.8) is 0 Å². The molecule has 5 heteroatoms. The highest BCUT2D eigenvalue weighted by atomic mass is 32.2. The van der Waals surface area contributed by atoms with E-state index in [1.54, 1.807) is 18.2 Å². The van der Waals surface area contributed by atoms with Crippen LogP contribution in [0.15, 0.2) is 46.6 Å². The molecule has 15 heavy (non-hydrogen) atoms. The number of hydrogen-bond acceptors (Lipinski definition) is 3. The molecule has 0 amide bonds. The van der Waals surface area contributed by atoms with Gasteiger partial charge in [0.25, 0.3) is 0 Å². The van der Waals surface area contributed by atoms with Gasteiger partial charge in [0.15, 0.2) is 0 Å². The second-order valence-electron chi connectivity index (χ2n) is 2.71. The molecule has 2 rings (SSSR count). The molecule has 0 bridgehead atoms. The van der Waals surface area contributed by atoms with Gasteiger partial charge in [0.2, 0.25) is 5.95 Å². The van der Waals surface area contributed by atoms with Gasteiger partial charge in [-0.3, -0.25) is 0 Å². The normalized spacial score (nSPS) is 10.3. The van der Waals surface area contributed by atoms with Crippen molar-refractivity contribution in [2.24, 2.45) is 0 Å². The molecule has 2 aromatic rings. The van der Waals surface area contributed by atoms with Crippen molar-refractivity contribution < 1.29 is 8.78 Å². The Labute approximate surface area is 89.4 Å². The van der Waals surface area contributed by atoms with Crippen LogP contribution in [0.2, 0.25) is 0 Å². The molecule has 0 radical (unpaired) electrons. The second kappa shape index (κ2) is 4.35. The van der Waals surface area contributed by atoms with Gasteiger partial charge in [-0.05, 0) is 12.1 Å². The lowest BCUT2D eigenvalue weighted by molar-refractivity contribution is 0.572. The fourth-order valence-electron chi connectivity index (χ4n) is 1.01. The fraction of sp³-hybridized carbons (Fsp3) is 0. The molecule has 1 heterocycles. The minimum atomic E-state index is -0.621. The molecule has 1 aromatic carbocycles. The van der Waals surface area contributed by atoms with Crippen LogP contribution in [-0.2, 0) is 0 Å². The minimum Gasteiger partial charge on any atom is -0.229 e. The first kappa shape index (κ1) is 10.0. The maximum Gasteiger partial charge on any atom is 0.217 e. The molecule has 0 atom stereocenters. The summed E-state index contributed by atoms with van der Waals surface area (Å²) in [5, 5.41) is 0.382. The van der Waals surface area contributed by atoms with Crippen molar-refractivity contribution in [1.82, 2.24) is 9.97 Å². The minimum absolute atomic E-state index is 0.346. The van der Waals surface area contributed by atoms with Crippen molar-refractivity contribution >= 4 is 11.8 Å². The van der Waals surface area contributed by atoms with Gasteiger partial charge in [0.1, 0.15) is 17.2 Å². The zero-order chi connectivity index (χ0) is 10.7. The van der Waals surface area contributed by atoms with Crippen LogP contribution in [0.5, 0.6) is 0 Å². The van der Waals surface area contributed by atoms with E-state index in [1.165, 1.54) is 6.07 Å². The third-order valence-corrected chi connectivity index (χ3v) is 2.64. The number of benzene rings is 1. The van der Waals surface area contributed by atoms with E-state index >= 15 is 0 Å². The van der Waals surface area contributed by atoms with E-state index in [0.29, 0.717) is 9.92 Å². The van der Waals surface area contributed by atoms with Crippen molar-refractivity contribution in [3.05, 3.63) is 48.4 Å². The Morgan fingerprint density at radius 2 is 1.87 bits per heavy atom. The second-order valence-corrected chi connectivity index (χ2v) is 3.77. The molecular formula is C10H6F2N2S. The SMILES string of the molecule is Fc1cc(Sc2ccccc2F)ncn1. The first-order valence-corrected chi connectivity index (χ1v) is 4.97. The van der Waals surface area contributed by atoms with E-state index < -0.39 is 5.95 Å². The van der Waals surface area contributed by atoms with Crippen LogP contribution in [0.4, 0.5) is 8.78 Å². The van der Waals surface area contributed by atoms with Gasteiger partial charge >= 0.3 is 0 Å². The van der Waals surface area contributed by atoms with Crippen LogP contribution in [0.25, 0.3) is 0 Å². The van der Waals surface area contributed by atoms with Crippen LogP contribution in [0.1, 0.15) is 0 Å². The summed E-state index contributed by atoms with van der Waals surface area (Å²) in [7, 11) is 0. The summed E-state index contributed by atoms with van der Waals surface area (Å²) >= 11 is 1.06. The summed E-state index contributed by atoms with van der Waals surface area (Å²) in [6.45, 7) is 0. The highest BCUT2D eigenvalue weighted by molar-refractivity contribution is 7.99. The number of aromatic nitrogens is 2. The summed E-state index contributed by atoms with van der Waals surface area (Å²) in [5.41, 5.74) is 0. The molecule has 0 unspecified atom stereocenters. The number of halogens is 2. The molecule has 0 aliphatic heterocycles. The lowest BCUT2D eigenvalue weighted by Crippen LogP contribution is -1.87. The third kappa shape index (κ3) is 2.50. The predicted molar refractivity (Wildman–Crippen MR) is 52.5 cm³/mol. The summed E-state index contributed by atoms with van der Waals surface area (Å²) in [4.78, 5) is 7.55. The Balaban J connectivity index is 2.26. The lowest BCUT2D eigenvalue weighted by atomic mass is 10.3. The zero-order valence-electron chi connectivity index (χ0n) is 7.52. The van der Waals surface area contributed by atoms with Crippen LogP contribution in [-0.4, -0.2) is 9.97 Å². The van der Waals surface area contributed by atoms with E-state index in [0.717, 1.165) is 24.2 Å². The van der Waals surface area contributed by atoms with Crippen molar-refractivity contribution in [1.29, 1.82) is 0 Å². The molecule has 2 nitrogen and oxygen atoms in total. The predicted octanol–water partition coefficient (Wildman–Crippen LogP) is 2.91. The van der Waals surface area contributed by atoms with Gasteiger partial charge in [-0.15, -0.1) is 0 Å². The highest BCUT2D eigenvalue weighted by Crippen LogP contribution is 2.27. The smallest absolute Gasteiger partial charge is 0.217 e. The molecule has 0 N–H and O–H groups in total. The maximum absolute atomic E-state index is 13.2. The van der Waals surface area contributed by atoms with E-state index in [-0.39, 0.29) is 5.82 Å². The molecule has 1 aromatic heterocycles. The quantitative estimate of drug-likeness (QED) is 0.733. The first-order chi connectivity index (χ1) is 7.25.